The summed E-state index contributed by atoms with van der Waals surface area (Å²) in [5.74, 6) is 1.52. The Labute approximate surface area is 141 Å². The standard InChI is InChI=1S/C17H25BrN2O2/c1-14-7-11-20(12-8-14)10-2-9-19-17(21)13-22-16-5-3-15(18)4-6-16/h3-6,14H,2,7-13H2,1H3,(H,19,21). The van der Waals surface area contributed by atoms with Gasteiger partial charge in [-0.2, -0.15) is 0 Å². The van der Waals surface area contributed by atoms with Crippen molar-refractivity contribution in [1.29, 1.82) is 0 Å². The average molecular weight is 369 g/mol. The Morgan fingerprint density at radius 2 is 2.00 bits per heavy atom. The quantitative estimate of drug-likeness (QED) is 0.752. The number of halogens is 1. The van der Waals surface area contributed by atoms with Gasteiger partial charge in [-0.05, 0) is 69.1 Å². The molecule has 1 fully saturated rings. The molecule has 0 bridgehead atoms. The van der Waals surface area contributed by atoms with Crippen LogP contribution in [0.25, 0.3) is 0 Å². The molecular formula is C17H25BrN2O2. The van der Waals surface area contributed by atoms with Gasteiger partial charge in [-0.15, -0.1) is 0 Å². The lowest BCUT2D eigenvalue weighted by atomic mass is 9.99. The number of nitrogens with one attached hydrogen (secondary N) is 1. The highest BCUT2D eigenvalue weighted by Crippen LogP contribution is 2.16. The molecule has 1 aliphatic rings. The summed E-state index contributed by atoms with van der Waals surface area (Å²) in [6, 6.07) is 7.48. The van der Waals surface area contributed by atoms with E-state index in [1.807, 2.05) is 24.3 Å². The molecule has 1 saturated heterocycles. The Bertz CT molecular complexity index is 456. The van der Waals surface area contributed by atoms with E-state index in [0.29, 0.717) is 12.3 Å². The molecule has 0 atom stereocenters. The number of ether oxygens (including phenoxy) is 1. The Morgan fingerprint density at radius 3 is 2.68 bits per heavy atom. The van der Waals surface area contributed by atoms with Gasteiger partial charge in [0.15, 0.2) is 6.61 Å². The minimum atomic E-state index is -0.0600. The van der Waals surface area contributed by atoms with E-state index in [0.717, 1.165) is 23.4 Å². The van der Waals surface area contributed by atoms with Gasteiger partial charge in [0.1, 0.15) is 5.75 Å². The summed E-state index contributed by atoms with van der Waals surface area (Å²) < 4.78 is 6.43. The molecule has 1 aliphatic heterocycles. The van der Waals surface area contributed by atoms with Crippen LogP contribution in [0.3, 0.4) is 0 Å². The zero-order chi connectivity index (χ0) is 15.8. The molecule has 1 aromatic rings. The summed E-state index contributed by atoms with van der Waals surface area (Å²) in [6.07, 6.45) is 3.60. The Morgan fingerprint density at radius 1 is 1.32 bits per heavy atom. The number of benzene rings is 1. The zero-order valence-corrected chi connectivity index (χ0v) is 14.8. The predicted molar refractivity (Wildman–Crippen MR) is 92.1 cm³/mol. The van der Waals surface area contributed by atoms with E-state index >= 15 is 0 Å². The van der Waals surface area contributed by atoms with Gasteiger partial charge in [-0.3, -0.25) is 4.79 Å². The van der Waals surface area contributed by atoms with Crippen molar-refractivity contribution in [2.45, 2.75) is 26.2 Å². The molecule has 1 N–H and O–H groups in total. The molecule has 2 rings (SSSR count). The summed E-state index contributed by atoms with van der Waals surface area (Å²) in [7, 11) is 0. The maximum Gasteiger partial charge on any atom is 0.257 e. The lowest BCUT2D eigenvalue weighted by Gasteiger charge is -2.30. The normalized spacial score (nSPS) is 16.5. The first-order valence-electron chi connectivity index (χ1n) is 8.01. The number of carbonyl (C=O) groups excluding carboxylic acids is 1. The summed E-state index contributed by atoms with van der Waals surface area (Å²) in [5, 5.41) is 2.91. The second-order valence-corrected chi connectivity index (χ2v) is 6.89. The molecule has 0 aliphatic carbocycles. The first-order chi connectivity index (χ1) is 10.6. The van der Waals surface area contributed by atoms with E-state index in [4.69, 9.17) is 4.74 Å². The van der Waals surface area contributed by atoms with Crippen LogP contribution in [0.15, 0.2) is 28.7 Å². The summed E-state index contributed by atoms with van der Waals surface area (Å²) in [4.78, 5) is 14.2. The van der Waals surface area contributed by atoms with Gasteiger partial charge in [0.05, 0.1) is 0 Å². The molecule has 0 aromatic heterocycles. The SMILES string of the molecule is CC1CCN(CCCNC(=O)COc2ccc(Br)cc2)CC1. The fraction of sp³-hybridized carbons (Fsp3) is 0.588. The fourth-order valence-electron chi connectivity index (χ4n) is 2.55. The van der Waals surface area contributed by atoms with E-state index in [9.17, 15) is 4.79 Å². The molecule has 4 nitrogen and oxygen atoms in total. The minimum Gasteiger partial charge on any atom is -0.484 e. The number of amides is 1. The van der Waals surface area contributed by atoms with Crippen molar-refractivity contribution in [3.8, 4) is 5.75 Å². The van der Waals surface area contributed by atoms with Crippen LogP contribution < -0.4 is 10.1 Å². The molecule has 5 heteroatoms. The van der Waals surface area contributed by atoms with Gasteiger partial charge >= 0.3 is 0 Å². The van der Waals surface area contributed by atoms with Crippen molar-refractivity contribution < 1.29 is 9.53 Å². The van der Waals surface area contributed by atoms with E-state index in [1.54, 1.807) is 0 Å². The largest absolute Gasteiger partial charge is 0.484 e. The molecule has 122 valence electrons. The fourth-order valence-corrected chi connectivity index (χ4v) is 2.81. The number of nitrogens with zero attached hydrogens (tertiary/aromatic N) is 1. The van der Waals surface area contributed by atoms with Crippen LogP contribution in [-0.2, 0) is 4.79 Å². The number of piperidine rings is 1. The maximum atomic E-state index is 11.7. The van der Waals surface area contributed by atoms with Gasteiger partial charge in [-0.1, -0.05) is 22.9 Å². The van der Waals surface area contributed by atoms with Crippen LogP contribution in [0.4, 0.5) is 0 Å². The predicted octanol–water partition coefficient (Wildman–Crippen LogP) is 3.07. The third-order valence-electron chi connectivity index (χ3n) is 4.03. The van der Waals surface area contributed by atoms with E-state index < -0.39 is 0 Å². The van der Waals surface area contributed by atoms with Crippen LogP contribution >= 0.6 is 15.9 Å². The number of hydrogen-bond donors (Lipinski definition) is 1. The smallest absolute Gasteiger partial charge is 0.257 e. The summed E-state index contributed by atoms with van der Waals surface area (Å²) in [6.45, 7) is 6.57. The van der Waals surface area contributed by atoms with Crippen LogP contribution in [0.5, 0.6) is 5.75 Å². The summed E-state index contributed by atoms with van der Waals surface area (Å²) >= 11 is 3.36. The van der Waals surface area contributed by atoms with Gasteiger partial charge in [0.25, 0.3) is 5.91 Å². The Hall–Kier alpha value is -1.07. The first kappa shape index (κ1) is 17.3. The Kier molecular flexibility index (Phi) is 7.19. The number of hydrogen-bond acceptors (Lipinski definition) is 3. The first-order valence-corrected chi connectivity index (χ1v) is 8.80. The van der Waals surface area contributed by atoms with Gasteiger partial charge in [0, 0.05) is 11.0 Å². The monoisotopic (exact) mass is 368 g/mol. The van der Waals surface area contributed by atoms with Crippen LogP contribution in [-0.4, -0.2) is 43.6 Å². The molecule has 22 heavy (non-hydrogen) atoms. The second kappa shape index (κ2) is 9.16. The molecule has 0 spiro atoms. The van der Waals surface area contributed by atoms with Gasteiger partial charge < -0.3 is 15.0 Å². The van der Waals surface area contributed by atoms with Crippen molar-refractivity contribution in [3.05, 3.63) is 28.7 Å². The van der Waals surface area contributed by atoms with Crippen molar-refractivity contribution in [2.75, 3.05) is 32.8 Å². The lowest BCUT2D eigenvalue weighted by molar-refractivity contribution is -0.123. The van der Waals surface area contributed by atoms with Crippen LogP contribution in [0.1, 0.15) is 26.2 Å². The van der Waals surface area contributed by atoms with E-state index in [2.05, 4.69) is 33.1 Å². The van der Waals surface area contributed by atoms with Crippen molar-refractivity contribution in [2.24, 2.45) is 5.92 Å². The van der Waals surface area contributed by atoms with Gasteiger partial charge in [0.2, 0.25) is 0 Å². The zero-order valence-electron chi connectivity index (χ0n) is 13.2. The molecule has 1 amide bonds. The average Bonchev–Trinajstić information content (AvgIpc) is 2.53. The second-order valence-electron chi connectivity index (χ2n) is 5.97. The number of likely N-dealkylation sites (tertiary alicyclic amines) is 1. The highest BCUT2D eigenvalue weighted by atomic mass is 79.9. The Balaban J connectivity index is 1.53. The van der Waals surface area contributed by atoms with E-state index in [1.165, 1.54) is 25.9 Å². The van der Waals surface area contributed by atoms with Crippen molar-refractivity contribution >= 4 is 21.8 Å². The molecule has 1 heterocycles. The molecular weight excluding hydrogens is 344 g/mol. The third-order valence-corrected chi connectivity index (χ3v) is 4.56. The van der Waals surface area contributed by atoms with E-state index in [-0.39, 0.29) is 12.5 Å². The molecule has 0 saturated carbocycles. The van der Waals surface area contributed by atoms with Crippen LogP contribution in [0.2, 0.25) is 0 Å². The van der Waals surface area contributed by atoms with Crippen molar-refractivity contribution in [3.63, 3.8) is 0 Å². The maximum absolute atomic E-state index is 11.7. The van der Waals surface area contributed by atoms with Gasteiger partial charge in [-0.25, -0.2) is 0 Å². The number of rotatable bonds is 7. The lowest BCUT2D eigenvalue weighted by Crippen LogP contribution is -2.36. The molecule has 0 unspecified atom stereocenters. The third kappa shape index (κ3) is 6.36. The molecule has 0 radical (unpaired) electrons. The number of carbonyl (C=O) groups is 1. The highest BCUT2D eigenvalue weighted by molar-refractivity contribution is 9.10. The van der Waals surface area contributed by atoms with Crippen LogP contribution in [0, 0.1) is 5.92 Å². The topological polar surface area (TPSA) is 41.6 Å². The highest BCUT2D eigenvalue weighted by Gasteiger charge is 2.14. The summed E-state index contributed by atoms with van der Waals surface area (Å²) in [5.41, 5.74) is 0. The van der Waals surface area contributed by atoms with Crippen molar-refractivity contribution in [1.82, 2.24) is 10.2 Å². The molecule has 1 aromatic carbocycles. The minimum absolute atomic E-state index is 0.0600.